The van der Waals surface area contributed by atoms with Crippen molar-refractivity contribution >= 4 is 23.2 Å². The van der Waals surface area contributed by atoms with Crippen molar-refractivity contribution < 1.29 is 35.9 Å². The molecule has 11 heteroatoms. The van der Waals surface area contributed by atoms with Crippen LogP contribution in [-0.2, 0) is 21.9 Å². The number of nitrogens with zero attached hydrogens (tertiary/aromatic N) is 1. The lowest BCUT2D eigenvalue weighted by Crippen LogP contribution is -2.45. The third-order valence-corrected chi connectivity index (χ3v) is 5.73. The fraction of sp³-hybridized carbons (Fsp3) is 0.417. The zero-order valence-corrected chi connectivity index (χ0v) is 18.7. The highest BCUT2D eigenvalue weighted by Crippen LogP contribution is 2.32. The summed E-state index contributed by atoms with van der Waals surface area (Å²) in [5.74, 6) is -1.19. The first-order chi connectivity index (χ1) is 16.4. The van der Waals surface area contributed by atoms with Crippen LogP contribution >= 0.6 is 0 Å². The number of amides is 2. The molecule has 2 N–H and O–H groups in total. The van der Waals surface area contributed by atoms with E-state index in [9.17, 15) is 35.9 Å². The lowest BCUT2D eigenvalue weighted by molar-refractivity contribution is -0.138. The molecule has 1 aliphatic rings. The average molecular weight is 501 g/mol. The predicted molar refractivity (Wildman–Crippen MR) is 119 cm³/mol. The van der Waals surface area contributed by atoms with Crippen LogP contribution in [0.2, 0.25) is 0 Å². The minimum absolute atomic E-state index is 0.0261. The highest BCUT2D eigenvalue weighted by molar-refractivity contribution is 5.94. The van der Waals surface area contributed by atoms with Crippen molar-refractivity contribution in [2.45, 2.75) is 50.5 Å². The molecule has 5 nitrogen and oxygen atoms in total. The van der Waals surface area contributed by atoms with E-state index in [0.717, 1.165) is 56.4 Å². The van der Waals surface area contributed by atoms with Gasteiger partial charge >= 0.3 is 12.4 Å². The van der Waals surface area contributed by atoms with Gasteiger partial charge in [0.1, 0.15) is 0 Å². The summed E-state index contributed by atoms with van der Waals surface area (Å²) in [6, 6.07) is 8.34. The van der Waals surface area contributed by atoms with Gasteiger partial charge in [0.2, 0.25) is 11.8 Å². The average Bonchev–Trinajstić information content (AvgIpc) is 2.78. The number of nitrogens with one attached hydrogen (secondary N) is 2. The summed E-state index contributed by atoms with van der Waals surface area (Å²) in [6.07, 6.45) is -4.86. The highest BCUT2D eigenvalue weighted by Gasteiger charge is 2.32. The molecule has 0 heterocycles. The molecular weight excluding hydrogens is 476 g/mol. The number of anilines is 2. The second-order valence-electron chi connectivity index (χ2n) is 8.45. The smallest absolute Gasteiger partial charge is 0.325 e. The van der Waals surface area contributed by atoms with Crippen LogP contribution in [0.3, 0.4) is 0 Å². The summed E-state index contributed by atoms with van der Waals surface area (Å²) in [6.45, 7) is -0.506. The molecule has 0 radical (unpaired) electrons. The Balaban J connectivity index is 1.68. The zero-order chi connectivity index (χ0) is 25.6. The van der Waals surface area contributed by atoms with Gasteiger partial charge in [-0.2, -0.15) is 26.3 Å². The van der Waals surface area contributed by atoms with E-state index in [0.29, 0.717) is 0 Å². The van der Waals surface area contributed by atoms with E-state index in [-0.39, 0.29) is 30.5 Å². The van der Waals surface area contributed by atoms with Gasteiger partial charge in [-0.3, -0.25) is 14.5 Å². The van der Waals surface area contributed by atoms with E-state index in [1.54, 1.807) is 4.90 Å². The Morgan fingerprint density at radius 1 is 0.743 bits per heavy atom. The summed E-state index contributed by atoms with van der Waals surface area (Å²) in [4.78, 5) is 26.9. The molecule has 0 spiro atoms. The number of benzene rings is 2. The number of halogens is 6. The molecule has 0 unspecified atom stereocenters. The number of rotatable bonds is 7. The number of alkyl halides is 6. The Kier molecular flexibility index (Phi) is 8.42. The first kappa shape index (κ1) is 26.5. The normalized spacial score (nSPS) is 15.2. The first-order valence-corrected chi connectivity index (χ1v) is 11.1. The molecule has 1 aliphatic carbocycles. The molecule has 1 fully saturated rings. The minimum Gasteiger partial charge on any atom is -0.325 e. The van der Waals surface area contributed by atoms with Gasteiger partial charge in [0.25, 0.3) is 0 Å². The van der Waals surface area contributed by atoms with Gasteiger partial charge in [0.05, 0.1) is 24.2 Å². The van der Waals surface area contributed by atoms with Crippen molar-refractivity contribution in [2.24, 2.45) is 0 Å². The molecule has 0 bridgehead atoms. The van der Waals surface area contributed by atoms with Crippen molar-refractivity contribution in [1.82, 2.24) is 4.90 Å². The summed E-state index contributed by atoms with van der Waals surface area (Å²) in [5.41, 5.74) is -1.86. The Bertz CT molecular complexity index is 959. The molecule has 35 heavy (non-hydrogen) atoms. The molecular formula is C24H25F6N3O2. The third-order valence-electron chi connectivity index (χ3n) is 5.73. The van der Waals surface area contributed by atoms with Crippen molar-refractivity contribution in [3.05, 3.63) is 59.7 Å². The van der Waals surface area contributed by atoms with Gasteiger partial charge in [-0.05, 0) is 49.2 Å². The SMILES string of the molecule is O=C(CN(CC(=O)Nc1cccc(C(F)(F)F)c1)C1CCCCC1)Nc1cccc(C(F)(F)F)c1. The van der Waals surface area contributed by atoms with Crippen LogP contribution in [0.25, 0.3) is 0 Å². The van der Waals surface area contributed by atoms with E-state index in [2.05, 4.69) is 10.6 Å². The van der Waals surface area contributed by atoms with Crippen molar-refractivity contribution in [3.63, 3.8) is 0 Å². The summed E-state index contributed by atoms with van der Waals surface area (Å²) >= 11 is 0. The van der Waals surface area contributed by atoms with Crippen LogP contribution in [-0.4, -0.2) is 35.8 Å². The van der Waals surface area contributed by atoms with Crippen LogP contribution in [0.5, 0.6) is 0 Å². The molecule has 2 aromatic rings. The lowest BCUT2D eigenvalue weighted by Gasteiger charge is -2.33. The maximum absolute atomic E-state index is 12.9. The maximum Gasteiger partial charge on any atom is 0.416 e. The molecule has 190 valence electrons. The third kappa shape index (κ3) is 7.98. The second kappa shape index (κ2) is 11.1. The summed E-state index contributed by atoms with van der Waals surface area (Å²) in [7, 11) is 0. The molecule has 0 saturated heterocycles. The monoisotopic (exact) mass is 501 g/mol. The topological polar surface area (TPSA) is 61.4 Å². The van der Waals surface area contributed by atoms with Crippen LogP contribution in [0.1, 0.15) is 43.2 Å². The molecule has 2 amide bonds. The Morgan fingerprint density at radius 3 is 1.57 bits per heavy atom. The van der Waals surface area contributed by atoms with Gasteiger partial charge in [-0.25, -0.2) is 0 Å². The Hall–Kier alpha value is -3.08. The van der Waals surface area contributed by atoms with Crippen molar-refractivity contribution in [3.8, 4) is 0 Å². The molecule has 2 aromatic carbocycles. The highest BCUT2D eigenvalue weighted by atomic mass is 19.4. The van der Waals surface area contributed by atoms with Crippen LogP contribution < -0.4 is 10.6 Å². The zero-order valence-electron chi connectivity index (χ0n) is 18.7. The number of carbonyl (C=O) groups is 2. The van der Waals surface area contributed by atoms with E-state index in [1.165, 1.54) is 24.3 Å². The van der Waals surface area contributed by atoms with Crippen molar-refractivity contribution in [1.29, 1.82) is 0 Å². The largest absolute Gasteiger partial charge is 0.416 e. The van der Waals surface area contributed by atoms with E-state index < -0.39 is 35.3 Å². The van der Waals surface area contributed by atoms with E-state index in [4.69, 9.17) is 0 Å². The van der Waals surface area contributed by atoms with Gasteiger partial charge in [-0.1, -0.05) is 31.4 Å². The molecule has 0 aromatic heterocycles. The van der Waals surface area contributed by atoms with Gasteiger partial charge in [0.15, 0.2) is 0 Å². The molecule has 3 rings (SSSR count). The summed E-state index contributed by atoms with van der Waals surface area (Å²) < 4.78 is 77.7. The maximum atomic E-state index is 12.9. The van der Waals surface area contributed by atoms with E-state index >= 15 is 0 Å². The number of carbonyl (C=O) groups excluding carboxylic acids is 2. The second-order valence-corrected chi connectivity index (χ2v) is 8.45. The van der Waals surface area contributed by atoms with Crippen molar-refractivity contribution in [2.75, 3.05) is 23.7 Å². The van der Waals surface area contributed by atoms with Crippen LogP contribution in [0, 0.1) is 0 Å². The fourth-order valence-corrected chi connectivity index (χ4v) is 4.08. The van der Waals surface area contributed by atoms with Gasteiger partial charge in [0, 0.05) is 17.4 Å². The number of hydrogen-bond acceptors (Lipinski definition) is 3. The molecule has 1 saturated carbocycles. The van der Waals surface area contributed by atoms with Gasteiger partial charge in [-0.15, -0.1) is 0 Å². The van der Waals surface area contributed by atoms with Crippen LogP contribution in [0.4, 0.5) is 37.7 Å². The molecule has 0 aliphatic heterocycles. The number of hydrogen-bond donors (Lipinski definition) is 2. The minimum atomic E-state index is -4.56. The Labute approximate surface area is 198 Å². The predicted octanol–water partition coefficient (Wildman–Crippen LogP) is 5.94. The fourth-order valence-electron chi connectivity index (χ4n) is 4.08. The van der Waals surface area contributed by atoms with Crippen LogP contribution in [0.15, 0.2) is 48.5 Å². The lowest BCUT2D eigenvalue weighted by atomic mass is 9.94. The van der Waals surface area contributed by atoms with Gasteiger partial charge < -0.3 is 10.6 Å². The molecule has 0 atom stereocenters. The summed E-state index contributed by atoms with van der Waals surface area (Å²) in [5, 5.41) is 4.87. The quantitative estimate of drug-likeness (QED) is 0.462. The standard InChI is InChI=1S/C24H25F6N3O2/c25-23(26,27)16-6-4-8-18(12-16)31-21(34)14-33(20-10-2-1-3-11-20)15-22(35)32-19-9-5-7-17(13-19)24(28,29)30/h4-9,12-13,20H,1-3,10-11,14-15H2,(H,31,34)(H,32,35). The first-order valence-electron chi connectivity index (χ1n) is 11.1. The van der Waals surface area contributed by atoms with E-state index in [1.807, 2.05) is 0 Å². The Morgan fingerprint density at radius 2 is 1.17 bits per heavy atom.